The second-order valence-electron chi connectivity index (χ2n) is 4.29. The van der Waals surface area contributed by atoms with Crippen LogP contribution in [0.4, 0.5) is 10.5 Å². The summed E-state index contributed by atoms with van der Waals surface area (Å²) in [5.41, 5.74) is 6.39. The van der Waals surface area contributed by atoms with Gasteiger partial charge in [-0.05, 0) is 17.7 Å². The summed E-state index contributed by atoms with van der Waals surface area (Å²) < 4.78 is 4.96. The van der Waals surface area contributed by atoms with Gasteiger partial charge in [0.15, 0.2) is 0 Å². The van der Waals surface area contributed by atoms with Gasteiger partial charge in [0.25, 0.3) is 0 Å². The van der Waals surface area contributed by atoms with E-state index < -0.39 is 30.4 Å². The molecule has 0 aliphatic rings. The van der Waals surface area contributed by atoms with Gasteiger partial charge in [-0.1, -0.05) is 12.1 Å². The number of hydrogen-bond donors (Lipinski definition) is 4. The Labute approximate surface area is 121 Å². The number of anilines is 1. The standard InChI is InChI=1S/C13H17N3O5/c1-21-7-8-2-4-9(5-3-8)15-12(18)10(6-11(14)17)16-13(19)20/h2-5,10,16H,6-7H2,1H3,(H2,14,17)(H,15,18)(H,19,20). The number of carbonyl (C=O) groups excluding carboxylic acids is 2. The topological polar surface area (TPSA) is 131 Å². The molecule has 8 heteroatoms. The molecule has 0 aliphatic carbocycles. The average molecular weight is 295 g/mol. The minimum atomic E-state index is -1.41. The quantitative estimate of drug-likeness (QED) is 0.574. The molecule has 1 rings (SSSR count). The summed E-state index contributed by atoms with van der Waals surface area (Å²) in [5, 5.41) is 13.1. The normalized spacial score (nSPS) is 11.5. The number of methoxy groups -OCH3 is 1. The molecule has 8 nitrogen and oxygen atoms in total. The zero-order chi connectivity index (χ0) is 15.8. The van der Waals surface area contributed by atoms with Crippen LogP contribution in [-0.2, 0) is 20.9 Å². The van der Waals surface area contributed by atoms with Crippen molar-refractivity contribution in [2.45, 2.75) is 19.1 Å². The van der Waals surface area contributed by atoms with Crippen molar-refractivity contribution in [2.24, 2.45) is 5.73 Å². The Morgan fingerprint density at radius 2 is 1.90 bits per heavy atom. The summed E-state index contributed by atoms with van der Waals surface area (Å²) in [5.74, 6) is -1.44. The second-order valence-corrected chi connectivity index (χ2v) is 4.29. The van der Waals surface area contributed by atoms with E-state index in [-0.39, 0.29) is 0 Å². The molecular weight excluding hydrogens is 278 g/mol. The molecule has 0 bridgehead atoms. The lowest BCUT2D eigenvalue weighted by Crippen LogP contribution is -2.45. The zero-order valence-corrected chi connectivity index (χ0v) is 11.5. The molecule has 0 aliphatic heterocycles. The molecule has 114 valence electrons. The van der Waals surface area contributed by atoms with E-state index in [1.807, 2.05) is 5.32 Å². The monoisotopic (exact) mass is 295 g/mol. The van der Waals surface area contributed by atoms with E-state index in [0.717, 1.165) is 5.56 Å². The van der Waals surface area contributed by atoms with Crippen LogP contribution in [0.5, 0.6) is 0 Å². The number of hydrogen-bond acceptors (Lipinski definition) is 4. The van der Waals surface area contributed by atoms with Crippen LogP contribution in [0.3, 0.4) is 0 Å². The van der Waals surface area contributed by atoms with Gasteiger partial charge in [-0.2, -0.15) is 0 Å². The number of carbonyl (C=O) groups is 3. The minimum Gasteiger partial charge on any atom is -0.465 e. The highest BCUT2D eigenvalue weighted by molar-refractivity contribution is 5.98. The zero-order valence-electron chi connectivity index (χ0n) is 11.5. The van der Waals surface area contributed by atoms with Crippen LogP contribution in [-0.4, -0.2) is 36.2 Å². The molecule has 0 spiro atoms. The molecule has 0 aromatic heterocycles. The maximum absolute atomic E-state index is 11.9. The van der Waals surface area contributed by atoms with E-state index in [0.29, 0.717) is 12.3 Å². The molecule has 0 saturated heterocycles. The average Bonchev–Trinajstić information content (AvgIpc) is 2.39. The van der Waals surface area contributed by atoms with Crippen LogP contribution in [0, 0.1) is 0 Å². The SMILES string of the molecule is COCc1ccc(NC(=O)C(CC(N)=O)NC(=O)O)cc1. The number of amides is 3. The van der Waals surface area contributed by atoms with Gasteiger partial charge < -0.3 is 26.2 Å². The van der Waals surface area contributed by atoms with Crippen molar-refractivity contribution in [3.05, 3.63) is 29.8 Å². The van der Waals surface area contributed by atoms with Crippen molar-refractivity contribution < 1.29 is 24.2 Å². The summed E-state index contributed by atoms with van der Waals surface area (Å²) in [4.78, 5) is 33.4. The van der Waals surface area contributed by atoms with Gasteiger partial charge in [0.05, 0.1) is 13.0 Å². The van der Waals surface area contributed by atoms with Crippen molar-refractivity contribution in [3.8, 4) is 0 Å². The molecule has 0 radical (unpaired) electrons. The predicted molar refractivity (Wildman–Crippen MR) is 74.5 cm³/mol. The highest BCUT2D eigenvalue weighted by Gasteiger charge is 2.22. The van der Waals surface area contributed by atoms with Gasteiger partial charge in [-0.25, -0.2) is 4.79 Å². The Balaban J connectivity index is 2.71. The van der Waals surface area contributed by atoms with Gasteiger partial charge in [0, 0.05) is 12.8 Å². The van der Waals surface area contributed by atoms with Gasteiger partial charge in [-0.3, -0.25) is 9.59 Å². The van der Waals surface area contributed by atoms with Crippen molar-refractivity contribution >= 4 is 23.6 Å². The summed E-state index contributed by atoms with van der Waals surface area (Å²) in [7, 11) is 1.57. The van der Waals surface area contributed by atoms with E-state index in [1.165, 1.54) is 0 Å². The Bertz CT molecular complexity index is 499. The fourth-order valence-electron chi connectivity index (χ4n) is 1.64. The molecule has 0 fully saturated rings. The van der Waals surface area contributed by atoms with E-state index in [1.54, 1.807) is 31.4 Å². The Morgan fingerprint density at radius 1 is 1.29 bits per heavy atom. The molecule has 21 heavy (non-hydrogen) atoms. The van der Waals surface area contributed by atoms with Crippen LogP contribution < -0.4 is 16.4 Å². The fourth-order valence-corrected chi connectivity index (χ4v) is 1.64. The smallest absolute Gasteiger partial charge is 0.405 e. The van der Waals surface area contributed by atoms with Gasteiger partial charge >= 0.3 is 6.09 Å². The summed E-state index contributed by atoms with van der Waals surface area (Å²) >= 11 is 0. The molecule has 1 atom stereocenters. The van der Waals surface area contributed by atoms with Crippen molar-refractivity contribution in [3.63, 3.8) is 0 Å². The van der Waals surface area contributed by atoms with Crippen LogP contribution in [0.15, 0.2) is 24.3 Å². The summed E-state index contributed by atoms with van der Waals surface area (Å²) in [6.07, 6.45) is -1.83. The Hall–Kier alpha value is -2.61. The van der Waals surface area contributed by atoms with E-state index in [4.69, 9.17) is 15.6 Å². The molecule has 1 unspecified atom stereocenters. The van der Waals surface area contributed by atoms with Crippen molar-refractivity contribution in [2.75, 3.05) is 12.4 Å². The number of ether oxygens (including phenoxy) is 1. The molecule has 1 aromatic rings. The minimum absolute atomic E-state index is 0.417. The first-order valence-electron chi connectivity index (χ1n) is 6.09. The predicted octanol–water partition coefficient (Wildman–Crippen LogP) is 0.283. The number of primary amides is 1. The highest BCUT2D eigenvalue weighted by atomic mass is 16.5. The van der Waals surface area contributed by atoms with Crippen LogP contribution >= 0.6 is 0 Å². The first kappa shape index (κ1) is 16.4. The fraction of sp³-hybridized carbons (Fsp3) is 0.308. The molecule has 1 aromatic carbocycles. The summed E-state index contributed by atoms with van der Waals surface area (Å²) in [6.45, 7) is 0.444. The maximum atomic E-state index is 11.9. The lowest BCUT2D eigenvalue weighted by atomic mass is 10.1. The van der Waals surface area contributed by atoms with Gasteiger partial charge in [0.2, 0.25) is 11.8 Å². The Kier molecular flexibility index (Phi) is 6.15. The van der Waals surface area contributed by atoms with E-state index in [2.05, 4.69) is 5.32 Å². The number of carboxylic acid groups (broad SMARTS) is 1. The van der Waals surface area contributed by atoms with Crippen LogP contribution in [0.25, 0.3) is 0 Å². The molecule has 0 heterocycles. The number of benzene rings is 1. The van der Waals surface area contributed by atoms with E-state index >= 15 is 0 Å². The molecular formula is C13H17N3O5. The summed E-state index contributed by atoms with van der Waals surface area (Å²) in [6, 6.07) is 5.57. The van der Waals surface area contributed by atoms with Crippen molar-refractivity contribution in [1.82, 2.24) is 5.32 Å². The third kappa shape index (κ3) is 5.91. The van der Waals surface area contributed by atoms with Crippen molar-refractivity contribution in [1.29, 1.82) is 0 Å². The van der Waals surface area contributed by atoms with Gasteiger partial charge in [-0.15, -0.1) is 0 Å². The molecule has 5 N–H and O–H groups in total. The van der Waals surface area contributed by atoms with Crippen LogP contribution in [0.1, 0.15) is 12.0 Å². The lowest BCUT2D eigenvalue weighted by molar-refractivity contribution is -0.123. The number of rotatable bonds is 7. The second kappa shape index (κ2) is 7.85. The highest BCUT2D eigenvalue weighted by Crippen LogP contribution is 2.11. The third-order valence-corrected chi connectivity index (χ3v) is 2.55. The van der Waals surface area contributed by atoms with E-state index in [9.17, 15) is 14.4 Å². The first-order chi connectivity index (χ1) is 9.92. The first-order valence-corrected chi connectivity index (χ1v) is 6.09. The number of nitrogens with two attached hydrogens (primary N) is 1. The lowest BCUT2D eigenvalue weighted by Gasteiger charge is -2.15. The third-order valence-electron chi connectivity index (χ3n) is 2.55. The Morgan fingerprint density at radius 3 is 2.38 bits per heavy atom. The van der Waals surface area contributed by atoms with Gasteiger partial charge in [0.1, 0.15) is 6.04 Å². The molecule has 3 amide bonds. The largest absolute Gasteiger partial charge is 0.465 e. The number of nitrogens with one attached hydrogen (secondary N) is 2. The maximum Gasteiger partial charge on any atom is 0.405 e. The molecule has 0 saturated carbocycles. The van der Waals surface area contributed by atoms with Crippen LogP contribution in [0.2, 0.25) is 0 Å².